The molecule has 0 N–H and O–H groups in total. The van der Waals surface area contributed by atoms with Crippen LogP contribution >= 0.6 is 31.9 Å². The van der Waals surface area contributed by atoms with E-state index in [9.17, 15) is 0 Å². The van der Waals surface area contributed by atoms with Crippen molar-refractivity contribution < 1.29 is 0 Å². The Kier molecular flexibility index (Phi) is 2.41. The largest absolute Gasteiger partial charge is 0.0791 e. The average molecular weight is 266 g/mol. The van der Waals surface area contributed by atoms with Crippen molar-refractivity contribution in [2.24, 2.45) is 5.92 Å². The van der Waals surface area contributed by atoms with Crippen LogP contribution < -0.4 is 0 Å². The first-order valence-corrected chi connectivity index (χ1v) is 4.86. The van der Waals surface area contributed by atoms with Gasteiger partial charge < -0.3 is 0 Å². The Balaban J connectivity index is 2.85. The van der Waals surface area contributed by atoms with Gasteiger partial charge in [-0.05, 0) is 11.4 Å². The first-order chi connectivity index (χ1) is 4.51. The lowest BCUT2D eigenvalue weighted by molar-refractivity contribution is 0.854. The van der Waals surface area contributed by atoms with E-state index in [-0.39, 0.29) is 4.32 Å². The molecule has 2 heteroatoms. The zero-order chi connectivity index (χ0) is 7.78. The summed E-state index contributed by atoms with van der Waals surface area (Å²) in [4.78, 5) is 0. The third-order valence-electron chi connectivity index (χ3n) is 1.57. The molecule has 0 saturated heterocycles. The van der Waals surface area contributed by atoms with Crippen molar-refractivity contribution in [2.75, 3.05) is 0 Å². The lowest BCUT2D eigenvalue weighted by Gasteiger charge is -2.21. The van der Waals surface area contributed by atoms with E-state index in [0.29, 0.717) is 5.92 Å². The van der Waals surface area contributed by atoms with Gasteiger partial charge in [0.2, 0.25) is 0 Å². The molecule has 0 spiro atoms. The van der Waals surface area contributed by atoms with Gasteiger partial charge in [-0.25, -0.2) is 0 Å². The molecule has 0 radical (unpaired) electrons. The van der Waals surface area contributed by atoms with Gasteiger partial charge in [-0.2, -0.15) is 0 Å². The number of hydrogen-bond acceptors (Lipinski definition) is 0. The fraction of sp³-hybridized carbons (Fsp3) is 0.500. The van der Waals surface area contributed by atoms with Crippen LogP contribution in [0.15, 0.2) is 22.7 Å². The van der Waals surface area contributed by atoms with Gasteiger partial charge in [0.15, 0.2) is 0 Å². The molecule has 0 aromatic rings. The molecule has 0 fully saturated rings. The Bertz CT molecular complexity index is 189. The van der Waals surface area contributed by atoms with Gasteiger partial charge in [-0.15, -0.1) is 0 Å². The number of rotatable bonds is 0. The van der Waals surface area contributed by atoms with Gasteiger partial charge in [-0.1, -0.05) is 57.0 Å². The minimum atomic E-state index is 0.0539. The molecule has 0 aromatic heterocycles. The van der Waals surface area contributed by atoms with Gasteiger partial charge in [0, 0.05) is 5.92 Å². The molecule has 56 valence electrons. The highest BCUT2D eigenvalue weighted by atomic mass is 79.9. The monoisotopic (exact) mass is 264 g/mol. The summed E-state index contributed by atoms with van der Waals surface area (Å²) in [5.41, 5.74) is 0. The summed E-state index contributed by atoms with van der Waals surface area (Å²) in [6.07, 6.45) is 6.54. The summed E-state index contributed by atoms with van der Waals surface area (Å²) in [5.74, 6) is 0.533. The van der Waals surface area contributed by atoms with Gasteiger partial charge in [-0.3, -0.25) is 0 Å². The van der Waals surface area contributed by atoms with Crippen molar-refractivity contribution in [3.05, 3.63) is 22.7 Å². The van der Waals surface area contributed by atoms with E-state index in [4.69, 9.17) is 0 Å². The Hall–Kier alpha value is 0.440. The molecule has 2 atom stereocenters. The molecule has 0 amide bonds. The van der Waals surface area contributed by atoms with Crippen LogP contribution in [0.25, 0.3) is 0 Å². The minimum absolute atomic E-state index is 0.0539. The fourth-order valence-electron chi connectivity index (χ4n) is 0.874. The number of allylic oxidation sites excluding steroid dienone is 4. The van der Waals surface area contributed by atoms with Crippen molar-refractivity contribution in [3.8, 4) is 0 Å². The smallest absolute Gasteiger partial charge is 0.0599 e. The normalized spacial score (nSPS) is 39.6. The molecular formula is C8H10Br2. The number of hydrogen-bond donors (Lipinski definition) is 0. The summed E-state index contributed by atoms with van der Waals surface area (Å²) in [5, 5.41) is 0. The third kappa shape index (κ3) is 1.96. The van der Waals surface area contributed by atoms with E-state index in [2.05, 4.69) is 63.9 Å². The molecule has 1 aliphatic rings. The lowest BCUT2D eigenvalue weighted by Crippen LogP contribution is -2.13. The van der Waals surface area contributed by atoms with Crippen molar-refractivity contribution in [1.29, 1.82) is 0 Å². The van der Waals surface area contributed by atoms with Crippen LogP contribution in [0.2, 0.25) is 0 Å². The molecule has 0 nitrogen and oxygen atoms in total. The topological polar surface area (TPSA) is 0 Å². The Morgan fingerprint density at radius 1 is 1.60 bits per heavy atom. The highest BCUT2D eigenvalue weighted by Crippen LogP contribution is 2.33. The van der Waals surface area contributed by atoms with Crippen LogP contribution in [0.3, 0.4) is 0 Å². The molecule has 10 heavy (non-hydrogen) atoms. The van der Waals surface area contributed by atoms with E-state index in [1.54, 1.807) is 0 Å². The van der Waals surface area contributed by atoms with Crippen LogP contribution in [0.5, 0.6) is 0 Å². The number of halogens is 2. The fourth-order valence-corrected chi connectivity index (χ4v) is 2.21. The predicted octanol–water partition coefficient (Wildman–Crippen LogP) is 3.62. The molecule has 0 heterocycles. The lowest BCUT2D eigenvalue weighted by atomic mass is 9.99. The van der Waals surface area contributed by atoms with Crippen LogP contribution in [-0.2, 0) is 0 Å². The molecule has 1 aliphatic carbocycles. The van der Waals surface area contributed by atoms with Crippen molar-refractivity contribution >= 4 is 31.9 Å². The first-order valence-electron chi connectivity index (χ1n) is 3.28. The molecular weight excluding hydrogens is 256 g/mol. The van der Waals surface area contributed by atoms with E-state index in [1.807, 2.05) is 0 Å². The van der Waals surface area contributed by atoms with Crippen molar-refractivity contribution in [2.45, 2.75) is 18.2 Å². The molecule has 1 rings (SSSR count). The van der Waals surface area contributed by atoms with Gasteiger partial charge in [0.25, 0.3) is 0 Å². The summed E-state index contributed by atoms with van der Waals surface area (Å²) in [6.45, 7) is 4.29. The SMILES string of the molecule is CC1C=CC(C)(Br)C=C1Br. The van der Waals surface area contributed by atoms with Crippen LogP contribution in [0.1, 0.15) is 13.8 Å². The van der Waals surface area contributed by atoms with E-state index >= 15 is 0 Å². The standard InChI is InChI=1S/C8H10Br2/c1-6-3-4-8(2,10)5-7(6)9/h3-6H,1-2H3. The highest BCUT2D eigenvalue weighted by molar-refractivity contribution is 9.12. The third-order valence-corrected chi connectivity index (χ3v) is 3.01. The highest BCUT2D eigenvalue weighted by Gasteiger charge is 2.19. The van der Waals surface area contributed by atoms with Gasteiger partial charge >= 0.3 is 0 Å². The Labute approximate surface area is 78.6 Å². The predicted molar refractivity (Wildman–Crippen MR) is 52.6 cm³/mol. The van der Waals surface area contributed by atoms with Crippen molar-refractivity contribution in [1.82, 2.24) is 0 Å². The Morgan fingerprint density at radius 3 is 2.60 bits per heavy atom. The maximum absolute atomic E-state index is 3.57. The van der Waals surface area contributed by atoms with Crippen molar-refractivity contribution in [3.63, 3.8) is 0 Å². The maximum atomic E-state index is 3.57. The van der Waals surface area contributed by atoms with Gasteiger partial charge in [0.1, 0.15) is 0 Å². The first kappa shape index (κ1) is 8.54. The summed E-state index contributed by atoms with van der Waals surface area (Å²) < 4.78 is 1.31. The maximum Gasteiger partial charge on any atom is 0.0599 e. The Morgan fingerprint density at radius 2 is 2.20 bits per heavy atom. The number of alkyl halides is 1. The van der Waals surface area contributed by atoms with E-state index in [0.717, 1.165) is 0 Å². The minimum Gasteiger partial charge on any atom is -0.0791 e. The molecule has 2 unspecified atom stereocenters. The van der Waals surface area contributed by atoms with Crippen LogP contribution in [-0.4, -0.2) is 4.32 Å². The van der Waals surface area contributed by atoms with E-state index < -0.39 is 0 Å². The zero-order valence-corrected chi connectivity index (χ0v) is 9.24. The zero-order valence-electron chi connectivity index (χ0n) is 6.07. The quantitative estimate of drug-likeness (QED) is 0.464. The second kappa shape index (κ2) is 2.82. The van der Waals surface area contributed by atoms with Crippen LogP contribution in [0.4, 0.5) is 0 Å². The molecule has 0 aromatic carbocycles. The summed E-state index contributed by atoms with van der Waals surface area (Å²) >= 11 is 7.08. The van der Waals surface area contributed by atoms with E-state index in [1.165, 1.54) is 4.48 Å². The molecule has 0 saturated carbocycles. The second-order valence-electron chi connectivity index (χ2n) is 2.83. The molecule has 0 bridgehead atoms. The molecule has 0 aliphatic heterocycles. The average Bonchev–Trinajstić information content (AvgIpc) is 1.79. The second-order valence-corrected chi connectivity index (χ2v) is 5.45. The van der Waals surface area contributed by atoms with Gasteiger partial charge in [0.05, 0.1) is 4.32 Å². The summed E-state index contributed by atoms with van der Waals surface area (Å²) in [7, 11) is 0. The van der Waals surface area contributed by atoms with Crippen LogP contribution in [0, 0.1) is 5.92 Å². The summed E-state index contributed by atoms with van der Waals surface area (Å²) in [6, 6.07) is 0.